The fraction of sp³-hybridized carbons (Fsp3) is 0.455. The zero-order valence-corrected chi connectivity index (χ0v) is 8.27. The fourth-order valence-corrected chi connectivity index (χ4v) is 1.03. The largest absolute Gasteiger partial charge is 0.349 e. The standard InChI is InChI=1S/C11H19N/c1-6-8-11(5)12(7-2)9-10(3)4/h7H,2-3,5-6,8-9H2,1,4H3. The van der Waals surface area contributed by atoms with Crippen LogP contribution in [0.1, 0.15) is 26.7 Å². The van der Waals surface area contributed by atoms with Crippen LogP contribution in [-0.4, -0.2) is 11.4 Å². The Labute approximate surface area is 76.1 Å². The van der Waals surface area contributed by atoms with Crippen LogP contribution in [0.4, 0.5) is 0 Å². The summed E-state index contributed by atoms with van der Waals surface area (Å²) in [4.78, 5) is 2.05. The Morgan fingerprint density at radius 2 is 2.00 bits per heavy atom. The molecule has 0 N–H and O–H groups in total. The summed E-state index contributed by atoms with van der Waals surface area (Å²) in [6, 6.07) is 0. The van der Waals surface area contributed by atoms with Crippen LogP contribution in [0, 0.1) is 0 Å². The summed E-state index contributed by atoms with van der Waals surface area (Å²) in [6.07, 6.45) is 3.96. The molecule has 12 heavy (non-hydrogen) atoms. The van der Waals surface area contributed by atoms with Crippen molar-refractivity contribution in [3.63, 3.8) is 0 Å². The van der Waals surface area contributed by atoms with Crippen molar-refractivity contribution in [3.8, 4) is 0 Å². The molecule has 0 saturated heterocycles. The number of allylic oxidation sites excluding steroid dienone is 1. The third-order valence-electron chi connectivity index (χ3n) is 1.61. The Morgan fingerprint density at radius 3 is 2.33 bits per heavy atom. The monoisotopic (exact) mass is 165 g/mol. The van der Waals surface area contributed by atoms with Gasteiger partial charge in [0, 0.05) is 12.2 Å². The average molecular weight is 165 g/mol. The molecule has 0 aliphatic heterocycles. The van der Waals surface area contributed by atoms with Crippen LogP contribution in [0.2, 0.25) is 0 Å². The van der Waals surface area contributed by atoms with Gasteiger partial charge in [0.25, 0.3) is 0 Å². The molecule has 0 atom stereocenters. The van der Waals surface area contributed by atoms with E-state index in [9.17, 15) is 0 Å². The highest BCUT2D eigenvalue weighted by Gasteiger charge is 2.01. The van der Waals surface area contributed by atoms with Crippen LogP contribution >= 0.6 is 0 Å². The SMILES string of the molecule is C=CN(CC(=C)C)C(=C)CCC. The highest BCUT2D eigenvalue weighted by Crippen LogP contribution is 2.10. The van der Waals surface area contributed by atoms with E-state index in [0.29, 0.717) is 0 Å². The molecule has 0 aliphatic carbocycles. The lowest BCUT2D eigenvalue weighted by Gasteiger charge is -2.22. The molecule has 0 unspecified atom stereocenters. The Balaban J connectivity index is 4.05. The molecule has 0 spiro atoms. The van der Waals surface area contributed by atoms with E-state index in [1.54, 1.807) is 0 Å². The Bertz CT molecular complexity index is 179. The van der Waals surface area contributed by atoms with Gasteiger partial charge in [0.15, 0.2) is 0 Å². The molecule has 0 rings (SSSR count). The van der Waals surface area contributed by atoms with Gasteiger partial charge in [-0.25, -0.2) is 0 Å². The summed E-state index contributed by atoms with van der Waals surface area (Å²) in [5.74, 6) is 0. The third-order valence-corrected chi connectivity index (χ3v) is 1.61. The van der Waals surface area contributed by atoms with Crippen LogP contribution in [-0.2, 0) is 0 Å². The Morgan fingerprint density at radius 1 is 1.42 bits per heavy atom. The normalized spacial score (nSPS) is 9.17. The van der Waals surface area contributed by atoms with Crippen molar-refractivity contribution in [1.82, 2.24) is 4.90 Å². The van der Waals surface area contributed by atoms with E-state index in [0.717, 1.165) is 30.7 Å². The molecule has 0 radical (unpaired) electrons. The fourth-order valence-electron chi connectivity index (χ4n) is 1.03. The summed E-state index contributed by atoms with van der Waals surface area (Å²) in [6.45, 7) is 16.6. The number of rotatable bonds is 6. The van der Waals surface area contributed by atoms with Crippen LogP contribution < -0.4 is 0 Å². The molecule has 0 aromatic carbocycles. The van der Waals surface area contributed by atoms with E-state index in [1.165, 1.54) is 0 Å². The van der Waals surface area contributed by atoms with E-state index in [-0.39, 0.29) is 0 Å². The van der Waals surface area contributed by atoms with Crippen molar-refractivity contribution in [3.05, 3.63) is 37.2 Å². The predicted octanol–water partition coefficient (Wildman–Crippen LogP) is 3.32. The van der Waals surface area contributed by atoms with Crippen LogP contribution in [0.25, 0.3) is 0 Å². The minimum absolute atomic E-state index is 0.836. The summed E-state index contributed by atoms with van der Waals surface area (Å²) in [5.41, 5.74) is 2.25. The topological polar surface area (TPSA) is 3.24 Å². The third kappa shape index (κ3) is 4.02. The maximum absolute atomic E-state index is 3.98. The second-order valence-electron chi connectivity index (χ2n) is 3.08. The lowest BCUT2D eigenvalue weighted by Crippen LogP contribution is -2.17. The number of nitrogens with zero attached hydrogens (tertiary/aromatic N) is 1. The lowest BCUT2D eigenvalue weighted by molar-refractivity contribution is 0.482. The number of hydrogen-bond acceptors (Lipinski definition) is 1. The van der Waals surface area contributed by atoms with Gasteiger partial charge in [-0.2, -0.15) is 0 Å². The first-order chi connectivity index (χ1) is 5.61. The predicted molar refractivity (Wildman–Crippen MR) is 55.8 cm³/mol. The highest BCUT2D eigenvalue weighted by molar-refractivity contribution is 5.04. The van der Waals surface area contributed by atoms with Crippen molar-refractivity contribution in [2.75, 3.05) is 6.54 Å². The molecule has 0 aromatic heterocycles. The lowest BCUT2D eigenvalue weighted by atomic mass is 10.2. The quantitative estimate of drug-likeness (QED) is 0.546. The van der Waals surface area contributed by atoms with Gasteiger partial charge in [-0.15, -0.1) is 0 Å². The van der Waals surface area contributed by atoms with Gasteiger partial charge >= 0.3 is 0 Å². The summed E-state index contributed by atoms with van der Waals surface area (Å²) < 4.78 is 0. The van der Waals surface area contributed by atoms with Crippen LogP contribution in [0.15, 0.2) is 37.2 Å². The highest BCUT2D eigenvalue weighted by atomic mass is 15.1. The van der Waals surface area contributed by atoms with Gasteiger partial charge in [-0.3, -0.25) is 0 Å². The van der Waals surface area contributed by atoms with Gasteiger partial charge in [0.2, 0.25) is 0 Å². The van der Waals surface area contributed by atoms with E-state index < -0.39 is 0 Å². The zero-order chi connectivity index (χ0) is 9.56. The maximum atomic E-state index is 3.98. The molecular formula is C11H19N. The van der Waals surface area contributed by atoms with Crippen molar-refractivity contribution < 1.29 is 0 Å². The van der Waals surface area contributed by atoms with Crippen LogP contribution in [0.3, 0.4) is 0 Å². The molecule has 1 heteroatoms. The van der Waals surface area contributed by atoms with Gasteiger partial charge in [0.1, 0.15) is 0 Å². The van der Waals surface area contributed by atoms with E-state index >= 15 is 0 Å². The molecule has 0 amide bonds. The van der Waals surface area contributed by atoms with Crippen LogP contribution in [0.5, 0.6) is 0 Å². The Hall–Kier alpha value is -0.980. The van der Waals surface area contributed by atoms with E-state index in [4.69, 9.17) is 0 Å². The molecule has 0 saturated carbocycles. The van der Waals surface area contributed by atoms with E-state index in [1.807, 2.05) is 18.0 Å². The molecule has 0 aliphatic rings. The molecule has 68 valence electrons. The smallest absolute Gasteiger partial charge is 0.0426 e. The minimum atomic E-state index is 0.836. The minimum Gasteiger partial charge on any atom is -0.349 e. The molecule has 0 fully saturated rings. The average Bonchev–Trinajstić information content (AvgIpc) is 2.00. The molecule has 0 bridgehead atoms. The molecule has 0 aromatic rings. The first-order valence-electron chi connectivity index (χ1n) is 4.33. The van der Waals surface area contributed by atoms with Crippen molar-refractivity contribution >= 4 is 0 Å². The second kappa shape index (κ2) is 5.64. The maximum Gasteiger partial charge on any atom is 0.0426 e. The first kappa shape index (κ1) is 11.0. The first-order valence-corrected chi connectivity index (χ1v) is 4.33. The molecular weight excluding hydrogens is 146 g/mol. The Kier molecular flexibility index (Phi) is 5.18. The van der Waals surface area contributed by atoms with Gasteiger partial charge < -0.3 is 4.90 Å². The zero-order valence-electron chi connectivity index (χ0n) is 8.27. The molecule has 1 nitrogen and oxygen atoms in total. The van der Waals surface area contributed by atoms with Crippen molar-refractivity contribution in [2.45, 2.75) is 26.7 Å². The second-order valence-corrected chi connectivity index (χ2v) is 3.08. The molecule has 0 heterocycles. The van der Waals surface area contributed by atoms with Gasteiger partial charge in [0.05, 0.1) is 0 Å². The van der Waals surface area contributed by atoms with Gasteiger partial charge in [-0.1, -0.05) is 38.7 Å². The summed E-state index contributed by atoms with van der Waals surface area (Å²) in [5, 5.41) is 0. The summed E-state index contributed by atoms with van der Waals surface area (Å²) >= 11 is 0. The number of hydrogen-bond donors (Lipinski definition) is 0. The van der Waals surface area contributed by atoms with Crippen molar-refractivity contribution in [1.29, 1.82) is 0 Å². The van der Waals surface area contributed by atoms with Gasteiger partial charge in [-0.05, 0) is 19.5 Å². The van der Waals surface area contributed by atoms with Crippen molar-refractivity contribution in [2.24, 2.45) is 0 Å². The summed E-state index contributed by atoms with van der Waals surface area (Å²) in [7, 11) is 0. The van der Waals surface area contributed by atoms with E-state index in [2.05, 4.69) is 26.7 Å².